The van der Waals surface area contributed by atoms with Crippen LogP contribution in [0.1, 0.15) is 10.6 Å². The van der Waals surface area contributed by atoms with Crippen LogP contribution in [0.3, 0.4) is 0 Å². The molecule has 38 heavy (non-hydrogen) atoms. The Morgan fingerprint density at radius 3 is 2.47 bits per heavy atom. The van der Waals surface area contributed by atoms with Crippen LogP contribution in [0.5, 0.6) is 5.75 Å². The number of thiazole rings is 1. The van der Waals surface area contributed by atoms with Crippen LogP contribution in [0.2, 0.25) is 0 Å². The summed E-state index contributed by atoms with van der Waals surface area (Å²) in [6, 6.07) is 20.6. The van der Waals surface area contributed by atoms with Crippen molar-refractivity contribution >= 4 is 46.0 Å². The van der Waals surface area contributed by atoms with Crippen LogP contribution >= 0.6 is 11.3 Å². The number of para-hydroxylation sites is 1. The number of ether oxygens (including phenoxy) is 1. The molecule has 0 aliphatic heterocycles. The fourth-order valence-corrected chi connectivity index (χ4v) is 4.16. The SMILES string of the molecule is N#C/C(=C\c1cc([N+](=O)[O-])ccc1OCC(=O)Nc1ccccc1)c1nc(-c2cccc([N+](=O)[O-])c2)cs1. The Hall–Kier alpha value is -5.41. The topological polar surface area (TPSA) is 161 Å². The first-order valence-corrected chi connectivity index (χ1v) is 11.8. The molecular weight excluding hydrogens is 510 g/mol. The molecule has 3 aromatic carbocycles. The molecule has 188 valence electrons. The highest BCUT2D eigenvalue weighted by molar-refractivity contribution is 7.11. The van der Waals surface area contributed by atoms with Gasteiger partial charge in [0.15, 0.2) is 6.61 Å². The van der Waals surface area contributed by atoms with Gasteiger partial charge in [-0.2, -0.15) is 5.26 Å². The van der Waals surface area contributed by atoms with Crippen molar-refractivity contribution < 1.29 is 19.4 Å². The molecule has 1 amide bonds. The fourth-order valence-electron chi connectivity index (χ4n) is 3.36. The first-order valence-electron chi connectivity index (χ1n) is 10.9. The number of benzene rings is 3. The van der Waals surface area contributed by atoms with Gasteiger partial charge in [-0.3, -0.25) is 25.0 Å². The molecule has 0 saturated carbocycles. The molecule has 0 atom stereocenters. The molecule has 0 radical (unpaired) electrons. The highest BCUT2D eigenvalue weighted by Gasteiger charge is 2.16. The maximum Gasteiger partial charge on any atom is 0.270 e. The zero-order chi connectivity index (χ0) is 27.1. The second-order valence-corrected chi connectivity index (χ2v) is 8.56. The number of allylic oxidation sites excluding steroid dienone is 1. The summed E-state index contributed by atoms with van der Waals surface area (Å²) in [6.45, 7) is -0.371. The van der Waals surface area contributed by atoms with Gasteiger partial charge < -0.3 is 10.1 Å². The normalized spacial score (nSPS) is 10.9. The number of rotatable bonds is 9. The van der Waals surface area contributed by atoms with Gasteiger partial charge in [0.25, 0.3) is 17.3 Å². The minimum Gasteiger partial charge on any atom is -0.483 e. The average molecular weight is 528 g/mol. The summed E-state index contributed by atoms with van der Waals surface area (Å²) >= 11 is 1.14. The van der Waals surface area contributed by atoms with E-state index < -0.39 is 15.8 Å². The Balaban J connectivity index is 1.61. The van der Waals surface area contributed by atoms with Gasteiger partial charge in [0.2, 0.25) is 0 Å². The number of nitrogens with one attached hydrogen (secondary N) is 1. The molecule has 0 fully saturated rings. The molecule has 12 heteroatoms. The molecule has 0 bridgehead atoms. The lowest BCUT2D eigenvalue weighted by molar-refractivity contribution is -0.385. The van der Waals surface area contributed by atoms with Gasteiger partial charge in [-0.25, -0.2) is 4.98 Å². The Labute approximate surface area is 219 Å². The van der Waals surface area contributed by atoms with E-state index in [4.69, 9.17) is 4.74 Å². The van der Waals surface area contributed by atoms with Crippen molar-refractivity contribution in [2.45, 2.75) is 0 Å². The van der Waals surface area contributed by atoms with Gasteiger partial charge in [0, 0.05) is 46.5 Å². The van der Waals surface area contributed by atoms with Crippen molar-refractivity contribution in [1.82, 2.24) is 4.98 Å². The summed E-state index contributed by atoms with van der Waals surface area (Å²) < 4.78 is 5.63. The van der Waals surface area contributed by atoms with Gasteiger partial charge in [-0.1, -0.05) is 30.3 Å². The predicted octanol–water partition coefficient (Wildman–Crippen LogP) is 5.71. The third-order valence-electron chi connectivity index (χ3n) is 5.13. The number of aromatic nitrogens is 1. The molecule has 1 aromatic heterocycles. The van der Waals surface area contributed by atoms with Crippen LogP contribution in [0.15, 0.2) is 78.2 Å². The summed E-state index contributed by atoms with van der Waals surface area (Å²) in [7, 11) is 0. The second kappa shape index (κ2) is 11.5. The molecule has 0 aliphatic carbocycles. The number of nitriles is 1. The van der Waals surface area contributed by atoms with Crippen LogP contribution < -0.4 is 10.1 Å². The van der Waals surface area contributed by atoms with Crippen LogP contribution in [0, 0.1) is 31.6 Å². The average Bonchev–Trinajstić information content (AvgIpc) is 3.41. The van der Waals surface area contributed by atoms with E-state index in [9.17, 15) is 30.3 Å². The third kappa shape index (κ3) is 6.23. The number of hydrogen-bond acceptors (Lipinski definition) is 9. The Morgan fingerprint density at radius 2 is 1.76 bits per heavy atom. The molecular formula is C26H17N5O6S. The zero-order valence-electron chi connectivity index (χ0n) is 19.4. The molecule has 1 N–H and O–H groups in total. The summed E-state index contributed by atoms with van der Waals surface area (Å²) in [5, 5.41) is 36.9. The Morgan fingerprint density at radius 1 is 1.03 bits per heavy atom. The second-order valence-electron chi connectivity index (χ2n) is 7.70. The molecule has 0 spiro atoms. The number of non-ortho nitro benzene ring substituents is 2. The summed E-state index contributed by atoms with van der Waals surface area (Å²) in [5.74, 6) is -0.284. The first kappa shape index (κ1) is 25.7. The van der Waals surface area contributed by atoms with Crippen molar-refractivity contribution in [1.29, 1.82) is 5.26 Å². The standard InChI is InChI=1S/C26H17N5O6S/c27-14-19(26-29-23(16-38-26)17-5-4-8-21(12-17)30(33)34)11-18-13-22(31(35)36)9-10-24(18)37-15-25(32)28-20-6-2-1-3-7-20/h1-13,16H,15H2,(H,28,32)/b19-11+. The van der Waals surface area contributed by atoms with E-state index in [0.29, 0.717) is 22.0 Å². The maximum atomic E-state index is 12.3. The van der Waals surface area contributed by atoms with Crippen molar-refractivity contribution in [3.05, 3.63) is 109 Å². The summed E-state index contributed by atoms with van der Waals surface area (Å²) in [5.41, 5.74) is 1.49. The van der Waals surface area contributed by atoms with Crippen LogP contribution in [0.4, 0.5) is 17.1 Å². The number of nitro benzene ring substituents is 2. The minimum atomic E-state index is -0.584. The van der Waals surface area contributed by atoms with Gasteiger partial charge >= 0.3 is 0 Å². The van der Waals surface area contributed by atoms with E-state index in [1.807, 2.05) is 12.1 Å². The van der Waals surface area contributed by atoms with E-state index in [1.54, 1.807) is 35.7 Å². The van der Waals surface area contributed by atoms with Crippen LogP contribution in [-0.2, 0) is 4.79 Å². The van der Waals surface area contributed by atoms with Crippen molar-refractivity contribution in [3.8, 4) is 23.1 Å². The first-order chi connectivity index (χ1) is 18.3. The molecule has 4 rings (SSSR count). The predicted molar refractivity (Wildman–Crippen MR) is 141 cm³/mol. The lowest BCUT2D eigenvalue weighted by Gasteiger charge is -2.10. The molecule has 0 saturated heterocycles. The zero-order valence-corrected chi connectivity index (χ0v) is 20.3. The lowest BCUT2D eigenvalue weighted by atomic mass is 10.1. The molecule has 1 heterocycles. The van der Waals surface area contributed by atoms with Crippen molar-refractivity contribution in [2.75, 3.05) is 11.9 Å². The van der Waals surface area contributed by atoms with Crippen molar-refractivity contribution in [2.24, 2.45) is 0 Å². The van der Waals surface area contributed by atoms with E-state index >= 15 is 0 Å². The molecule has 0 unspecified atom stereocenters. The maximum absolute atomic E-state index is 12.3. The lowest BCUT2D eigenvalue weighted by Crippen LogP contribution is -2.20. The smallest absolute Gasteiger partial charge is 0.270 e. The number of nitrogens with zero attached hydrogens (tertiary/aromatic N) is 4. The minimum absolute atomic E-state index is 0.0887. The number of hydrogen-bond donors (Lipinski definition) is 1. The van der Waals surface area contributed by atoms with E-state index in [0.717, 1.165) is 11.3 Å². The van der Waals surface area contributed by atoms with E-state index in [-0.39, 0.29) is 34.9 Å². The quantitative estimate of drug-likeness (QED) is 0.164. The number of anilines is 1. The fraction of sp³-hybridized carbons (Fsp3) is 0.0385. The summed E-state index contributed by atoms with van der Waals surface area (Å²) in [4.78, 5) is 38.1. The van der Waals surface area contributed by atoms with Crippen molar-refractivity contribution in [3.63, 3.8) is 0 Å². The summed E-state index contributed by atoms with van der Waals surface area (Å²) in [6.07, 6.45) is 1.38. The van der Waals surface area contributed by atoms with Gasteiger partial charge in [-0.05, 0) is 24.3 Å². The monoisotopic (exact) mass is 527 g/mol. The number of nitro groups is 2. The third-order valence-corrected chi connectivity index (χ3v) is 6.00. The van der Waals surface area contributed by atoms with Gasteiger partial charge in [-0.15, -0.1) is 11.3 Å². The Kier molecular flexibility index (Phi) is 7.80. The number of amides is 1. The molecule has 4 aromatic rings. The van der Waals surface area contributed by atoms with Gasteiger partial charge in [0.1, 0.15) is 16.8 Å². The van der Waals surface area contributed by atoms with Crippen LogP contribution in [0.25, 0.3) is 22.9 Å². The molecule has 0 aliphatic rings. The van der Waals surface area contributed by atoms with E-state index in [1.165, 1.54) is 42.5 Å². The number of carbonyl (C=O) groups is 1. The van der Waals surface area contributed by atoms with Crippen LogP contribution in [-0.4, -0.2) is 27.3 Å². The highest BCUT2D eigenvalue weighted by atomic mass is 32.1. The van der Waals surface area contributed by atoms with Gasteiger partial charge in [0.05, 0.1) is 21.1 Å². The van der Waals surface area contributed by atoms with E-state index in [2.05, 4.69) is 10.3 Å². The Bertz CT molecular complexity index is 1590. The number of carbonyl (C=O) groups excluding carboxylic acids is 1. The largest absolute Gasteiger partial charge is 0.483 e. The highest BCUT2D eigenvalue weighted by Crippen LogP contribution is 2.32. The molecule has 11 nitrogen and oxygen atoms in total.